The van der Waals surface area contributed by atoms with Crippen molar-refractivity contribution in [3.05, 3.63) is 271 Å². The summed E-state index contributed by atoms with van der Waals surface area (Å²) in [5.74, 6) is 2.52. The van der Waals surface area contributed by atoms with Gasteiger partial charge in [-0.25, -0.2) is 83.7 Å². The van der Waals surface area contributed by atoms with Crippen molar-refractivity contribution in [2.45, 2.75) is 13.8 Å². The molecule has 45 nitrogen and oxygen atoms in total. The lowest BCUT2D eigenvalue weighted by atomic mass is 10.1. The fraction of sp³-hybridized carbons (Fsp3) is 0.163. The van der Waals surface area contributed by atoms with E-state index in [-0.39, 0.29) is 70.8 Å². The zero-order valence-electron chi connectivity index (χ0n) is 79.2. The number of aliphatic imine (C=N–C) groups is 1. The number of hydrogen-bond donors (Lipinski definition) is 9. The molecule has 0 unspecified atom stereocenters. The smallest absolute Gasteiger partial charge is 0.422 e. The molecule has 6 aromatic heterocycles. The molecule has 0 atom stereocenters. The third kappa shape index (κ3) is 34.2. The second kappa shape index (κ2) is 53.5. The van der Waals surface area contributed by atoms with E-state index in [2.05, 4.69) is 134 Å². The topological polar surface area (TPSA) is 678 Å². The van der Waals surface area contributed by atoms with Gasteiger partial charge in [0.05, 0.1) is 86.9 Å². The van der Waals surface area contributed by atoms with Gasteiger partial charge < -0.3 is 98.9 Å². The number of halogens is 5. The molecule has 146 heavy (non-hydrogen) atoms. The highest BCUT2D eigenvalue weighted by atomic mass is 127. The lowest BCUT2D eigenvalue weighted by molar-refractivity contribution is -2.00. The molecular weight excluding hydrogens is 2170 g/mol. The number of pyridine rings is 1. The number of benzene rings is 10. The maximum atomic E-state index is 10.2. The van der Waals surface area contributed by atoms with Crippen molar-refractivity contribution >= 4 is 193 Å². The van der Waals surface area contributed by atoms with Crippen LogP contribution < -0.4 is 168 Å². The molecule has 9 heterocycles. The number of azo groups is 5. The molecule has 0 spiro atoms. The number of imidazole rings is 1. The molecule has 16 aromatic rings. The summed E-state index contributed by atoms with van der Waals surface area (Å²) < 4.78 is 130. The van der Waals surface area contributed by atoms with Crippen molar-refractivity contribution < 1.29 is 171 Å². The minimum atomic E-state index is -4.94. The van der Waals surface area contributed by atoms with Gasteiger partial charge in [-0.15, -0.1) is 40.9 Å². The van der Waals surface area contributed by atoms with Crippen molar-refractivity contribution in [2.75, 3.05) is 86.4 Å². The summed E-state index contributed by atoms with van der Waals surface area (Å²) in [7, 11) is 3.21. The molecule has 764 valence electrons. The third-order valence-corrected chi connectivity index (χ3v) is 24.3. The molecule has 0 bridgehead atoms. The van der Waals surface area contributed by atoms with Crippen LogP contribution in [0, 0.1) is 50.0 Å². The van der Waals surface area contributed by atoms with E-state index in [1.165, 1.54) is 38.5 Å². The maximum Gasteiger partial charge on any atom is 0.422 e. The molecule has 12 N–H and O–H groups in total. The number of anilines is 6. The monoisotopic (exact) mass is 2260 g/mol. The number of hydrogen-bond acceptors (Lipinski definition) is 41. The Labute approximate surface area is 879 Å². The van der Waals surface area contributed by atoms with E-state index >= 15 is 0 Å². The van der Waals surface area contributed by atoms with Gasteiger partial charge in [0.2, 0.25) is 0 Å². The van der Waals surface area contributed by atoms with Gasteiger partial charge in [0.1, 0.15) is 104 Å². The van der Waals surface area contributed by atoms with Gasteiger partial charge in [0.25, 0.3) is 0 Å². The second-order valence-corrected chi connectivity index (χ2v) is 36.8. The van der Waals surface area contributed by atoms with Gasteiger partial charge in [-0.3, -0.25) is 5.41 Å². The number of rotatable bonds is 14. The first kappa shape index (κ1) is 115. The van der Waals surface area contributed by atoms with Crippen LogP contribution in [0.5, 0.6) is 23.0 Å². The number of ether oxygens (including phenoxy) is 2. The predicted octanol–water partition coefficient (Wildman–Crippen LogP) is -1.16. The van der Waals surface area contributed by atoms with E-state index in [0.717, 1.165) is 122 Å². The zero-order valence-corrected chi connectivity index (χ0v) is 87.7. The first-order chi connectivity index (χ1) is 68.4. The Morgan fingerprint density at radius 3 is 1.32 bits per heavy atom. The van der Waals surface area contributed by atoms with Crippen molar-refractivity contribution in [2.24, 2.45) is 107 Å². The highest BCUT2D eigenvalue weighted by Gasteiger charge is 2.25. The van der Waals surface area contributed by atoms with E-state index in [1.54, 1.807) is 88.6 Å². The lowest BCUT2D eigenvalue weighted by Gasteiger charge is -2.19. The number of aromatic nitrogens is 7. The molecule has 54 heteroatoms. The van der Waals surface area contributed by atoms with Crippen LogP contribution in [0.4, 0.5) is 89.0 Å². The zero-order chi connectivity index (χ0) is 104. The molecule has 10 aromatic carbocycles. The third-order valence-electron chi connectivity index (χ3n) is 20.1. The average Bonchev–Trinajstić information content (AvgIpc) is 1.63. The number of nitrogens with zero attached hydrogens (tertiary/aromatic N) is 22. The summed E-state index contributed by atoms with van der Waals surface area (Å²) >= 11 is 6.30. The molecule has 0 saturated heterocycles. The molecule has 3 aliphatic heterocycles. The largest absolute Gasteiger partial charge is 1.00 e. The molecule has 0 amide bonds. The molecule has 3 aliphatic rings. The number of amidine groups is 2. The maximum absolute atomic E-state index is 10.2. The first-order valence-corrected chi connectivity index (χ1v) is 49.3. The Balaban J connectivity index is 0.000000189. The number of aryl methyl sites for hydroxylation is 7. The second-order valence-electron chi connectivity index (χ2n) is 30.6. The molecular formula is C92H95Cl4IN28O17S4. The summed E-state index contributed by atoms with van der Waals surface area (Å²) in [6.45, 7) is 6.58. The van der Waals surface area contributed by atoms with Crippen LogP contribution in [-0.2, 0) is 35.2 Å². The van der Waals surface area contributed by atoms with Crippen LogP contribution in [0.1, 0.15) is 11.3 Å². The van der Waals surface area contributed by atoms with Crippen molar-refractivity contribution in [3.63, 3.8) is 0 Å². The van der Waals surface area contributed by atoms with Crippen LogP contribution in [0.2, 0.25) is 0 Å². The van der Waals surface area contributed by atoms with Crippen LogP contribution in [0.3, 0.4) is 0 Å². The minimum Gasteiger partial charge on any atom is -1.00 e. The van der Waals surface area contributed by atoms with Crippen LogP contribution in [-0.4, -0.2) is 96.6 Å². The highest BCUT2D eigenvalue weighted by Crippen LogP contribution is 2.42. The lowest BCUT2D eigenvalue weighted by Crippen LogP contribution is -3.00. The number of fused-ring (bicyclic) bond motifs is 6. The van der Waals surface area contributed by atoms with Gasteiger partial charge in [-0.05, 0) is 231 Å². The Morgan fingerprint density at radius 1 is 0.466 bits per heavy atom. The van der Waals surface area contributed by atoms with Crippen molar-refractivity contribution in [1.29, 1.82) is 5.41 Å². The molecule has 0 fully saturated rings. The van der Waals surface area contributed by atoms with E-state index in [0.29, 0.717) is 53.1 Å². The summed E-state index contributed by atoms with van der Waals surface area (Å²) in [5, 5.41) is 99.6. The van der Waals surface area contributed by atoms with Crippen LogP contribution in [0.15, 0.2) is 321 Å². The van der Waals surface area contributed by atoms with Crippen LogP contribution in [0.25, 0.3) is 47.4 Å². The van der Waals surface area contributed by atoms with Gasteiger partial charge in [0.15, 0.2) is 22.7 Å². The Kier molecular flexibility index (Phi) is 42.2. The number of dihydropyridines is 1. The highest BCUT2D eigenvalue weighted by molar-refractivity contribution is 7.22. The van der Waals surface area contributed by atoms with Crippen molar-refractivity contribution in [3.8, 4) is 28.7 Å². The van der Waals surface area contributed by atoms with Gasteiger partial charge >= 0.3 is 26.5 Å². The van der Waals surface area contributed by atoms with Crippen molar-refractivity contribution in [1.82, 2.24) is 9.30 Å². The first-order valence-electron chi connectivity index (χ1n) is 42.2. The Bertz CT molecular complexity index is 7440. The Morgan fingerprint density at radius 2 is 0.877 bits per heavy atom. The number of aromatic hydroxyl groups is 2. The standard InChI is InChI=1S/C18H16N4O2S.C17H20N5.C16H14N4O2S.C16H17N4S.C15H15N5S.C10H10N6O.3ClHO4.ClH.HI/c1-12-11-25-18(22(12)13-5-3-2-4-6-13)21-20-14-10-17-15(9-16(14)23)19-7-8-24-17;1-20(2)14-11-9-13(10-12-14)18-19-17-21(3)15-7-5-6-8-16(15)22(17)4;1-20-12-4-2-3-5-15(12)23-16(20)19-18-10-9-14-11(8-13(10)21)17-6-7-22-14;1-19(2)13-10-8-12(9-11-13)17-18-16-20(3)14-6-4-5-7-15(14)21-16;1-9-7-12(11(17)8-10(9)16)18-19-15-20(2)13-5-3-4-6-14(13)21-15;11-8-5-4-7(10(12)13-8)14-15-9-3-1-2-6-16(9)17;3*2-1(3,4)5;;/h2-6,9-11H,7-8H2,1H3,(H,19,23);5-12H,1-4H3;2-5,8-9H,6-7H2,1H3,(H,17,21);4-11H,1-3H3;3-8H,1-2H3,(H3,16,17);1-6,17H,(H3,11,12,13);3*(H,2,3,4,5);2*1H/q;+1;;+1;;;;;;;/p-2. The number of phenolic OH excluding ortho intramolecular Hbond substituents is 2. The number of phenols is 2. The number of nitrogens with two attached hydrogens (primary N) is 3. The number of thiazole rings is 4. The minimum absolute atomic E-state index is 0. The van der Waals surface area contributed by atoms with Gasteiger partial charge in [-0.2, -0.15) is 9.30 Å². The molecule has 19 rings (SSSR count). The number of nitrogens with one attached hydrogen (secondary N) is 3. The number of para-hydroxylation sites is 6. The number of nitrogen functional groups attached to an aromatic ring is 2. The fourth-order valence-corrected chi connectivity index (χ4v) is 16.8. The summed E-state index contributed by atoms with van der Waals surface area (Å²) in [4.78, 5) is 7.85. The van der Waals surface area contributed by atoms with E-state index in [9.17, 15) is 15.4 Å². The van der Waals surface area contributed by atoms with Gasteiger partial charge in [0, 0.05) is 99.3 Å². The normalized spacial score (nSPS) is 12.9. The van der Waals surface area contributed by atoms with Crippen LogP contribution >= 0.6 is 45.3 Å². The average molecular weight is 2260 g/mol. The summed E-state index contributed by atoms with van der Waals surface area (Å²) in [6, 6.07) is 74.0. The van der Waals surface area contributed by atoms with Gasteiger partial charge in [-0.1, -0.05) is 77.9 Å². The van der Waals surface area contributed by atoms with E-state index in [4.69, 9.17) is 88.0 Å². The SMILES string of the molecule is CN(C)c1ccc(N=Nc2n(C)c3ccccc3[n+]2C)cc1.CN(C)c1ccc(N=Nc2sc3ccccc3[n+]2C)cc1.C[n+]1c(N=Nc2cc3c(cc2O)NCCO3)sc2ccccc21.Cc1cc(N=Nc2sc3ccccc3[n+]2C)c(N)cc1N.Cc1csc(N=Nc2cc3c(cc2O)NCCO3)[n+]1-c1ccccc1.N=C1N=C(N)C=CC1=NN=c1ccccn1O.[Cl-].[I-].[O-][Cl+3]([O-])([O-])[O-].[O-][Cl+3]([O-])([O-])[O-].[O-][Cl+3]([O-])([O-])[O-]. The fourth-order valence-electron chi connectivity index (χ4n) is 13.1. The van der Waals surface area contributed by atoms with E-state index < -0.39 is 30.7 Å². The van der Waals surface area contributed by atoms with E-state index in [1.807, 2.05) is 245 Å². The summed E-state index contributed by atoms with van der Waals surface area (Å²) in [6.07, 6.45) is 4.50. The molecule has 0 aliphatic carbocycles. The summed E-state index contributed by atoms with van der Waals surface area (Å²) in [5.41, 5.74) is 34.6. The Hall–Kier alpha value is -14.3. The molecule has 0 saturated carbocycles. The molecule has 0 radical (unpaired) electrons. The predicted molar refractivity (Wildman–Crippen MR) is 513 cm³/mol. The quantitative estimate of drug-likeness (QED) is 0.0155.